The van der Waals surface area contributed by atoms with E-state index in [1.807, 2.05) is 30.3 Å². The van der Waals surface area contributed by atoms with Gasteiger partial charge in [-0.2, -0.15) is 4.31 Å². The van der Waals surface area contributed by atoms with Gasteiger partial charge < -0.3 is 10.2 Å². The zero-order chi connectivity index (χ0) is 18.0. The fourth-order valence-corrected chi connectivity index (χ4v) is 5.85. The molecular weight excluding hydrogens is 358 g/mol. The van der Waals surface area contributed by atoms with E-state index in [-0.39, 0.29) is 10.8 Å². The van der Waals surface area contributed by atoms with Gasteiger partial charge in [-0.15, -0.1) is 11.3 Å². The van der Waals surface area contributed by atoms with Crippen molar-refractivity contribution < 1.29 is 13.2 Å². The average molecular weight is 380 g/mol. The van der Waals surface area contributed by atoms with Crippen LogP contribution in [0.2, 0.25) is 0 Å². The van der Waals surface area contributed by atoms with Gasteiger partial charge >= 0.3 is 0 Å². The third-order valence-corrected chi connectivity index (χ3v) is 7.50. The highest BCUT2D eigenvalue weighted by Crippen LogP contribution is 2.29. The predicted molar refractivity (Wildman–Crippen MR) is 99.9 cm³/mol. The van der Waals surface area contributed by atoms with Gasteiger partial charge in [0.15, 0.2) is 0 Å². The van der Waals surface area contributed by atoms with Crippen molar-refractivity contribution in [2.75, 3.05) is 38.1 Å². The number of para-hydroxylation sites is 1. The van der Waals surface area contributed by atoms with Crippen LogP contribution in [0.3, 0.4) is 0 Å². The fourth-order valence-electron chi connectivity index (χ4n) is 2.92. The second kappa shape index (κ2) is 7.15. The molecule has 134 valence electrons. The molecule has 2 heterocycles. The van der Waals surface area contributed by atoms with E-state index in [1.54, 1.807) is 6.92 Å². The summed E-state index contributed by atoms with van der Waals surface area (Å²) >= 11 is 1.21. The minimum atomic E-state index is -3.58. The molecule has 8 heteroatoms. The summed E-state index contributed by atoms with van der Waals surface area (Å²) in [7, 11) is -2.05. The maximum absolute atomic E-state index is 13.0. The van der Waals surface area contributed by atoms with Gasteiger partial charge in [-0.25, -0.2) is 8.42 Å². The molecule has 1 aromatic heterocycles. The minimum absolute atomic E-state index is 0.240. The number of nitrogens with zero attached hydrogens (tertiary/aromatic N) is 2. The van der Waals surface area contributed by atoms with Crippen LogP contribution in [0.4, 0.5) is 5.69 Å². The number of amides is 1. The Labute approximate surface area is 152 Å². The van der Waals surface area contributed by atoms with Crippen molar-refractivity contribution in [3.05, 3.63) is 46.2 Å². The Morgan fingerprint density at radius 2 is 1.76 bits per heavy atom. The van der Waals surface area contributed by atoms with Gasteiger partial charge in [0, 0.05) is 43.8 Å². The van der Waals surface area contributed by atoms with Crippen LogP contribution >= 0.6 is 11.3 Å². The molecule has 0 atom stereocenters. The summed E-state index contributed by atoms with van der Waals surface area (Å²) < 4.78 is 27.4. The van der Waals surface area contributed by atoms with Crippen LogP contribution in [0, 0.1) is 6.92 Å². The van der Waals surface area contributed by atoms with Crippen molar-refractivity contribution in [2.24, 2.45) is 0 Å². The summed E-state index contributed by atoms with van der Waals surface area (Å²) in [5.74, 6) is -0.261. The summed E-state index contributed by atoms with van der Waals surface area (Å²) in [6.07, 6.45) is 0. The normalized spacial score (nSPS) is 16.0. The number of carbonyl (C=O) groups excluding carboxylic acids is 1. The molecule has 1 fully saturated rings. The Morgan fingerprint density at radius 3 is 2.36 bits per heavy atom. The summed E-state index contributed by atoms with van der Waals surface area (Å²) in [4.78, 5) is 15.3. The highest BCUT2D eigenvalue weighted by atomic mass is 32.2. The van der Waals surface area contributed by atoms with Crippen LogP contribution < -0.4 is 10.2 Å². The van der Waals surface area contributed by atoms with Crippen molar-refractivity contribution >= 4 is 33.0 Å². The molecule has 0 unspecified atom stereocenters. The number of carbonyl (C=O) groups is 1. The second-order valence-electron chi connectivity index (χ2n) is 5.84. The molecule has 0 radical (unpaired) electrons. The van der Waals surface area contributed by atoms with E-state index in [1.165, 1.54) is 28.8 Å². The molecule has 25 heavy (non-hydrogen) atoms. The van der Waals surface area contributed by atoms with E-state index in [2.05, 4.69) is 10.2 Å². The number of thiophene rings is 1. The molecule has 2 aromatic rings. The van der Waals surface area contributed by atoms with Crippen LogP contribution in [0.5, 0.6) is 0 Å². The molecular formula is C17H21N3O3S2. The lowest BCUT2D eigenvalue weighted by molar-refractivity contribution is 0.0967. The van der Waals surface area contributed by atoms with Crippen molar-refractivity contribution in [1.82, 2.24) is 9.62 Å². The van der Waals surface area contributed by atoms with Crippen LogP contribution in [-0.4, -0.2) is 51.9 Å². The van der Waals surface area contributed by atoms with Gasteiger partial charge in [-0.1, -0.05) is 18.2 Å². The van der Waals surface area contributed by atoms with Gasteiger partial charge in [0.2, 0.25) is 10.0 Å². The molecule has 6 nitrogen and oxygen atoms in total. The Balaban J connectivity index is 1.76. The first-order valence-corrected chi connectivity index (χ1v) is 10.3. The van der Waals surface area contributed by atoms with Gasteiger partial charge in [0.1, 0.15) is 0 Å². The molecule has 1 saturated heterocycles. The van der Waals surface area contributed by atoms with E-state index >= 15 is 0 Å². The monoisotopic (exact) mass is 379 g/mol. The smallest absolute Gasteiger partial charge is 0.261 e. The van der Waals surface area contributed by atoms with Crippen LogP contribution in [0.1, 0.15) is 14.5 Å². The summed E-state index contributed by atoms with van der Waals surface area (Å²) in [6.45, 7) is 3.90. The summed E-state index contributed by atoms with van der Waals surface area (Å²) in [5, 5.41) is 2.53. The maximum atomic E-state index is 13.0. The van der Waals surface area contributed by atoms with E-state index < -0.39 is 10.0 Å². The molecule has 0 aliphatic carbocycles. The number of piperazine rings is 1. The number of hydrogen-bond donors (Lipinski definition) is 1. The lowest BCUT2D eigenvalue weighted by Gasteiger charge is -2.35. The number of rotatable bonds is 4. The Hall–Kier alpha value is -1.90. The molecule has 1 aliphatic rings. The molecule has 0 bridgehead atoms. The number of nitrogens with one attached hydrogen (secondary N) is 1. The van der Waals surface area contributed by atoms with E-state index in [4.69, 9.17) is 0 Å². The number of aryl methyl sites for hydroxylation is 1. The minimum Gasteiger partial charge on any atom is -0.369 e. The Kier molecular flexibility index (Phi) is 5.12. The third kappa shape index (κ3) is 3.56. The number of benzene rings is 1. The van der Waals surface area contributed by atoms with E-state index in [0.717, 1.165) is 5.69 Å². The first-order chi connectivity index (χ1) is 11.9. The van der Waals surface area contributed by atoms with E-state index in [0.29, 0.717) is 35.9 Å². The molecule has 0 saturated carbocycles. The van der Waals surface area contributed by atoms with Crippen LogP contribution in [0.25, 0.3) is 0 Å². The van der Waals surface area contributed by atoms with Crippen molar-refractivity contribution in [3.8, 4) is 0 Å². The Bertz CT molecular complexity index is 855. The van der Waals surface area contributed by atoms with Crippen molar-refractivity contribution in [1.29, 1.82) is 0 Å². The highest BCUT2D eigenvalue weighted by molar-refractivity contribution is 7.89. The molecule has 1 N–H and O–H groups in total. The first-order valence-electron chi connectivity index (χ1n) is 8.06. The molecule has 0 spiro atoms. The van der Waals surface area contributed by atoms with Gasteiger partial charge in [-0.3, -0.25) is 4.79 Å². The lowest BCUT2D eigenvalue weighted by atomic mass is 10.2. The average Bonchev–Trinajstić information content (AvgIpc) is 3.04. The van der Waals surface area contributed by atoms with Gasteiger partial charge in [-0.05, 0) is 25.1 Å². The number of hydrogen-bond acceptors (Lipinski definition) is 5. The largest absolute Gasteiger partial charge is 0.369 e. The highest BCUT2D eigenvalue weighted by Gasteiger charge is 2.31. The van der Waals surface area contributed by atoms with E-state index in [9.17, 15) is 13.2 Å². The zero-order valence-corrected chi connectivity index (χ0v) is 15.9. The first kappa shape index (κ1) is 17.9. The summed E-state index contributed by atoms with van der Waals surface area (Å²) in [6, 6.07) is 11.5. The maximum Gasteiger partial charge on any atom is 0.261 e. The molecule has 3 rings (SSSR count). The second-order valence-corrected chi connectivity index (χ2v) is 9.00. The van der Waals surface area contributed by atoms with Crippen molar-refractivity contribution in [2.45, 2.75) is 11.8 Å². The lowest BCUT2D eigenvalue weighted by Crippen LogP contribution is -2.48. The quantitative estimate of drug-likeness (QED) is 0.881. The number of anilines is 1. The molecule has 1 amide bonds. The third-order valence-electron chi connectivity index (χ3n) is 4.30. The zero-order valence-electron chi connectivity index (χ0n) is 14.2. The van der Waals surface area contributed by atoms with Crippen LogP contribution in [-0.2, 0) is 10.0 Å². The Morgan fingerprint density at radius 1 is 1.12 bits per heavy atom. The molecule has 1 aliphatic heterocycles. The number of sulfonamides is 1. The van der Waals surface area contributed by atoms with Crippen molar-refractivity contribution in [3.63, 3.8) is 0 Å². The topological polar surface area (TPSA) is 69.7 Å². The predicted octanol–water partition coefficient (Wildman–Crippen LogP) is 1.93. The van der Waals surface area contributed by atoms with Crippen LogP contribution in [0.15, 0.2) is 41.3 Å². The van der Waals surface area contributed by atoms with Gasteiger partial charge in [0.25, 0.3) is 5.91 Å². The standard InChI is InChI=1S/C17H21N3O3S2/c1-13-16(12-15(24-13)17(21)18-2)25(22,23)20-10-8-19(9-11-20)14-6-4-3-5-7-14/h3-7,12H,8-11H2,1-2H3,(H,18,21). The van der Waals surface area contributed by atoms with Gasteiger partial charge in [0.05, 0.1) is 9.77 Å². The SMILES string of the molecule is CNC(=O)c1cc(S(=O)(=O)N2CCN(c3ccccc3)CC2)c(C)s1. The fraction of sp³-hybridized carbons (Fsp3) is 0.353. The summed E-state index contributed by atoms with van der Waals surface area (Å²) in [5.41, 5.74) is 1.10. The molecule has 1 aromatic carbocycles.